The van der Waals surface area contributed by atoms with E-state index in [0.717, 1.165) is 19.3 Å². The second kappa shape index (κ2) is 5.51. The zero-order valence-corrected chi connectivity index (χ0v) is 11.6. The molecule has 1 aromatic rings. The Labute approximate surface area is 116 Å². The molecule has 0 saturated heterocycles. The van der Waals surface area contributed by atoms with Crippen molar-refractivity contribution in [3.05, 3.63) is 21.9 Å². The van der Waals surface area contributed by atoms with Crippen LogP contribution in [0.25, 0.3) is 0 Å². The number of amides is 1. The lowest BCUT2D eigenvalue weighted by Gasteiger charge is -2.19. The standard InChI is InChI=1S/C12H16Cl2N2O2/c1-16-10(5-8(13)11(16)14)12(18)15-9-4-2-3-7(9)6-17/h5,7,9,17H,2-4,6H2,1H3,(H,15,18). The van der Waals surface area contributed by atoms with E-state index in [1.165, 1.54) is 0 Å². The lowest BCUT2D eigenvalue weighted by Crippen LogP contribution is -2.39. The van der Waals surface area contributed by atoms with E-state index in [-0.39, 0.29) is 24.5 Å². The fraction of sp³-hybridized carbons (Fsp3) is 0.583. The van der Waals surface area contributed by atoms with Crippen molar-refractivity contribution in [2.24, 2.45) is 13.0 Å². The molecule has 0 spiro atoms. The summed E-state index contributed by atoms with van der Waals surface area (Å²) in [6.07, 6.45) is 2.89. The smallest absolute Gasteiger partial charge is 0.268 e. The molecule has 1 amide bonds. The summed E-state index contributed by atoms with van der Waals surface area (Å²) >= 11 is 11.8. The molecular formula is C12H16Cl2N2O2. The normalized spacial score (nSPS) is 23.3. The average molecular weight is 291 g/mol. The van der Waals surface area contributed by atoms with Gasteiger partial charge in [-0.2, -0.15) is 0 Å². The molecule has 1 saturated carbocycles. The number of hydrogen-bond donors (Lipinski definition) is 2. The summed E-state index contributed by atoms with van der Waals surface area (Å²) in [7, 11) is 1.70. The van der Waals surface area contributed by atoms with Crippen LogP contribution in [0.3, 0.4) is 0 Å². The molecule has 0 bridgehead atoms. The highest BCUT2D eigenvalue weighted by molar-refractivity contribution is 6.41. The van der Waals surface area contributed by atoms with E-state index in [1.807, 2.05) is 0 Å². The number of nitrogens with zero attached hydrogens (tertiary/aromatic N) is 1. The van der Waals surface area contributed by atoms with Gasteiger partial charge in [-0.1, -0.05) is 29.6 Å². The number of aliphatic hydroxyl groups is 1. The van der Waals surface area contributed by atoms with Gasteiger partial charge in [0.1, 0.15) is 10.8 Å². The molecule has 6 heteroatoms. The van der Waals surface area contributed by atoms with Gasteiger partial charge in [0.05, 0.1) is 5.02 Å². The highest BCUT2D eigenvalue weighted by Crippen LogP contribution is 2.27. The van der Waals surface area contributed by atoms with Crippen LogP contribution in [0.2, 0.25) is 10.2 Å². The fourth-order valence-corrected chi connectivity index (χ4v) is 2.82. The number of nitrogens with one attached hydrogen (secondary N) is 1. The highest BCUT2D eigenvalue weighted by Gasteiger charge is 2.29. The third-order valence-electron chi connectivity index (χ3n) is 3.56. The molecule has 1 aliphatic carbocycles. The summed E-state index contributed by atoms with van der Waals surface area (Å²) in [5.41, 5.74) is 0.439. The molecule has 0 aromatic carbocycles. The van der Waals surface area contributed by atoms with Crippen molar-refractivity contribution in [1.82, 2.24) is 9.88 Å². The monoisotopic (exact) mass is 290 g/mol. The van der Waals surface area contributed by atoms with E-state index in [1.54, 1.807) is 17.7 Å². The molecule has 0 radical (unpaired) electrons. The lowest BCUT2D eigenvalue weighted by atomic mass is 10.1. The number of aliphatic hydroxyl groups excluding tert-OH is 1. The lowest BCUT2D eigenvalue weighted by molar-refractivity contribution is 0.0908. The minimum atomic E-state index is -0.198. The summed E-state index contributed by atoms with van der Waals surface area (Å²) in [5.74, 6) is -0.0446. The number of carbonyl (C=O) groups is 1. The van der Waals surface area contributed by atoms with Gasteiger partial charge in [0.25, 0.3) is 5.91 Å². The van der Waals surface area contributed by atoms with Gasteiger partial charge in [-0.25, -0.2) is 0 Å². The molecule has 2 unspecified atom stereocenters. The van der Waals surface area contributed by atoms with Crippen molar-refractivity contribution >= 4 is 29.1 Å². The number of carbonyl (C=O) groups excluding carboxylic acids is 1. The van der Waals surface area contributed by atoms with Gasteiger partial charge in [0.15, 0.2) is 0 Å². The molecule has 2 N–H and O–H groups in total. The van der Waals surface area contributed by atoms with E-state index in [9.17, 15) is 9.90 Å². The summed E-state index contributed by atoms with van der Waals surface area (Å²) in [6, 6.07) is 1.59. The topological polar surface area (TPSA) is 54.3 Å². The first-order valence-electron chi connectivity index (χ1n) is 5.97. The number of halogens is 2. The molecule has 1 fully saturated rings. The van der Waals surface area contributed by atoms with Crippen molar-refractivity contribution in [1.29, 1.82) is 0 Å². The third kappa shape index (κ3) is 2.51. The van der Waals surface area contributed by atoms with Crippen molar-refractivity contribution in [3.8, 4) is 0 Å². The summed E-state index contributed by atoms with van der Waals surface area (Å²) < 4.78 is 1.56. The largest absolute Gasteiger partial charge is 0.396 e. The van der Waals surface area contributed by atoms with Crippen LogP contribution in [-0.2, 0) is 7.05 Å². The molecule has 18 heavy (non-hydrogen) atoms. The molecule has 2 rings (SSSR count). The van der Waals surface area contributed by atoms with E-state index in [2.05, 4.69) is 5.32 Å². The Morgan fingerprint density at radius 1 is 1.56 bits per heavy atom. The number of aromatic nitrogens is 1. The molecule has 1 aliphatic rings. The van der Waals surface area contributed by atoms with Crippen LogP contribution in [0.15, 0.2) is 6.07 Å². The first kappa shape index (κ1) is 13.7. The Hall–Kier alpha value is -0.710. The first-order chi connectivity index (χ1) is 8.54. The van der Waals surface area contributed by atoms with Crippen LogP contribution in [-0.4, -0.2) is 28.2 Å². The van der Waals surface area contributed by atoms with E-state index in [0.29, 0.717) is 15.9 Å². The quantitative estimate of drug-likeness (QED) is 0.897. The molecule has 100 valence electrons. The Morgan fingerprint density at radius 2 is 2.28 bits per heavy atom. The second-order valence-corrected chi connectivity index (χ2v) is 5.45. The van der Waals surface area contributed by atoms with Gasteiger partial charge < -0.3 is 15.0 Å². The van der Waals surface area contributed by atoms with Crippen molar-refractivity contribution in [2.45, 2.75) is 25.3 Å². The zero-order valence-electron chi connectivity index (χ0n) is 10.1. The Balaban J connectivity index is 2.10. The maximum absolute atomic E-state index is 12.1. The van der Waals surface area contributed by atoms with Crippen LogP contribution in [0, 0.1) is 5.92 Å². The van der Waals surface area contributed by atoms with Crippen LogP contribution in [0.1, 0.15) is 29.8 Å². The summed E-state index contributed by atoms with van der Waals surface area (Å²) in [5, 5.41) is 12.9. The van der Waals surface area contributed by atoms with Crippen LogP contribution < -0.4 is 5.32 Å². The minimum Gasteiger partial charge on any atom is -0.396 e. The van der Waals surface area contributed by atoms with Crippen LogP contribution in [0.5, 0.6) is 0 Å². The zero-order chi connectivity index (χ0) is 13.3. The molecule has 1 heterocycles. The summed E-state index contributed by atoms with van der Waals surface area (Å²) in [4.78, 5) is 12.1. The van der Waals surface area contributed by atoms with Crippen molar-refractivity contribution < 1.29 is 9.90 Å². The summed E-state index contributed by atoms with van der Waals surface area (Å²) in [6.45, 7) is 0.111. The Morgan fingerprint density at radius 3 is 2.83 bits per heavy atom. The van der Waals surface area contributed by atoms with Crippen LogP contribution >= 0.6 is 23.2 Å². The van der Waals surface area contributed by atoms with E-state index >= 15 is 0 Å². The number of rotatable bonds is 3. The molecule has 1 aromatic heterocycles. The van der Waals surface area contributed by atoms with Crippen molar-refractivity contribution in [2.75, 3.05) is 6.61 Å². The molecular weight excluding hydrogens is 275 g/mol. The van der Waals surface area contributed by atoms with Gasteiger partial charge >= 0.3 is 0 Å². The first-order valence-corrected chi connectivity index (χ1v) is 6.72. The van der Waals surface area contributed by atoms with Crippen molar-refractivity contribution in [3.63, 3.8) is 0 Å². The predicted octanol–water partition coefficient (Wildman–Crippen LogP) is 2.22. The number of hydrogen-bond acceptors (Lipinski definition) is 2. The molecule has 0 aliphatic heterocycles. The Bertz CT molecular complexity index is 459. The highest BCUT2D eigenvalue weighted by atomic mass is 35.5. The molecule has 2 atom stereocenters. The SMILES string of the molecule is Cn1c(C(=O)NC2CCCC2CO)cc(Cl)c1Cl. The average Bonchev–Trinajstić information content (AvgIpc) is 2.89. The Kier molecular flexibility index (Phi) is 4.20. The van der Waals surface area contributed by atoms with Gasteiger partial charge in [-0.05, 0) is 18.9 Å². The fourth-order valence-electron chi connectivity index (χ4n) is 2.45. The van der Waals surface area contributed by atoms with Gasteiger partial charge in [-0.15, -0.1) is 0 Å². The van der Waals surface area contributed by atoms with Gasteiger partial charge in [0, 0.05) is 25.6 Å². The van der Waals surface area contributed by atoms with Gasteiger partial charge in [-0.3, -0.25) is 4.79 Å². The second-order valence-electron chi connectivity index (χ2n) is 4.68. The third-order valence-corrected chi connectivity index (χ3v) is 4.40. The maximum Gasteiger partial charge on any atom is 0.268 e. The van der Waals surface area contributed by atoms with Gasteiger partial charge in [0.2, 0.25) is 0 Å². The van der Waals surface area contributed by atoms with E-state index < -0.39 is 0 Å². The maximum atomic E-state index is 12.1. The minimum absolute atomic E-state index is 0.0370. The predicted molar refractivity (Wildman–Crippen MR) is 71.1 cm³/mol. The van der Waals surface area contributed by atoms with E-state index in [4.69, 9.17) is 23.2 Å². The van der Waals surface area contributed by atoms with Crippen LogP contribution in [0.4, 0.5) is 0 Å². The molecule has 4 nitrogen and oxygen atoms in total.